The first-order valence-corrected chi connectivity index (χ1v) is 8.62. The van der Waals surface area contributed by atoms with Crippen LogP contribution in [0.3, 0.4) is 0 Å². The lowest BCUT2D eigenvalue weighted by atomic mass is 9.96. The molecule has 1 aliphatic carbocycles. The number of nitrogens with two attached hydrogens (primary N) is 1. The molecule has 1 aromatic carbocycles. The Bertz CT molecular complexity index is 694. The first-order valence-electron chi connectivity index (χ1n) is 7.80. The molecule has 1 aliphatic rings. The fourth-order valence-corrected chi connectivity index (χ4v) is 4.26. The Balaban J connectivity index is 0.00000192. The lowest BCUT2D eigenvalue weighted by molar-refractivity contribution is -0.117. The Morgan fingerprint density at radius 2 is 1.83 bits per heavy atom. The summed E-state index contributed by atoms with van der Waals surface area (Å²) in [4.78, 5) is 13.9. The molecule has 0 fully saturated rings. The van der Waals surface area contributed by atoms with Crippen LogP contribution in [0.5, 0.6) is 0 Å². The summed E-state index contributed by atoms with van der Waals surface area (Å²) < 4.78 is 0. The summed E-state index contributed by atoms with van der Waals surface area (Å²) in [6.07, 6.45) is 4.78. The molecule has 1 aromatic heterocycles. The fourth-order valence-electron chi connectivity index (χ4n) is 2.96. The van der Waals surface area contributed by atoms with E-state index in [1.807, 2.05) is 31.2 Å². The standard InChI is InChI=1S/C18H22N2OS.ClH/c1-11-7-9-13(10-8-11)16(19)17(21)20-18-12(2)14-5-3-4-6-15(14)22-18;/h7-10,16H,3-6,19H2,1-2H3,(H,20,21);1H. The van der Waals surface area contributed by atoms with Crippen molar-refractivity contribution >= 4 is 34.7 Å². The van der Waals surface area contributed by atoms with Gasteiger partial charge in [0, 0.05) is 4.88 Å². The van der Waals surface area contributed by atoms with Gasteiger partial charge in [0.2, 0.25) is 5.91 Å². The number of aryl methyl sites for hydroxylation is 2. The maximum Gasteiger partial charge on any atom is 0.246 e. The Kier molecular flexibility index (Phi) is 5.84. The number of anilines is 1. The molecule has 0 saturated carbocycles. The van der Waals surface area contributed by atoms with Gasteiger partial charge in [-0.2, -0.15) is 0 Å². The van der Waals surface area contributed by atoms with E-state index < -0.39 is 6.04 Å². The molecule has 0 spiro atoms. The molecular formula is C18H23ClN2OS. The summed E-state index contributed by atoms with van der Waals surface area (Å²) in [6, 6.07) is 7.19. The number of fused-ring (bicyclic) bond motifs is 1. The number of amides is 1. The van der Waals surface area contributed by atoms with Crippen LogP contribution in [0.4, 0.5) is 5.00 Å². The highest BCUT2D eigenvalue weighted by Gasteiger charge is 2.21. The fraction of sp³-hybridized carbons (Fsp3) is 0.389. The van der Waals surface area contributed by atoms with Crippen LogP contribution in [0, 0.1) is 13.8 Å². The van der Waals surface area contributed by atoms with Crippen LogP contribution in [0.15, 0.2) is 24.3 Å². The Morgan fingerprint density at radius 3 is 2.48 bits per heavy atom. The Hall–Kier alpha value is -1.36. The van der Waals surface area contributed by atoms with Crippen molar-refractivity contribution in [3.63, 3.8) is 0 Å². The summed E-state index contributed by atoms with van der Waals surface area (Å²) in [7, 11) is 0. The minimum atomic E-state index is -0.626. The smallest absolute Gasteiger partial charge is 0.246 e. The molecule has 3 rings (SSSR count). The Labute approximate surface area is 147 Å². The van der Waals surface area contributed by atoms with E-state index in [0.29, 0.717) is 0 Å². The number of thiophene rings is 1. The number of carbonyl (C=O) groups excluding carboxylic acids is 1. The van der Waals surface area contributed by atoms with Gasteiger partial charge in [-0.05, 0) is 56.2 Å². The highest BCUT2D eigenvalue weighted by Crippen LogP contribution is 2.37. The topological polar surface area (TPSA) is 55.1 Å². The molecule has 1 atom stereocenters. The van der Waals surface area contributed by atoms with Crippen LogP contribution >= 0.6 is 23.7 Å². The normalized spacial score (nSPS) is 14.6. The van der Waals surface area contributed by atoms with Crippen LogP contribution in [0.1, 0.15) is 46.0 Å². The number of halogens is 1. The molecule has 3 nitrogen and oxygen atoms in total. The van der Waals surface area contributed by atoms with E-state index in [0.717, 1.165) is 29.0 Å². The molecular weight excluding hydrogens is 328 g/mol. The lowest BCUT2D eigenvalue weighted by Crippen LogP contribution is -2.27. The zero-order valence-corrected chi connectivity index (χ0v) is 15.2. The van der Waals surface area contributed by atoms with Gasteiger partial charge in [-0.15, -0.1) is 23.7 Å². The largest absolute Gasteiger partial charge is 0.316 e. The number of carbonyl (C=O) groups is 1. The second-order valence-electron chi connectivity index (χ2n) is 6.04. The number of nitrogens with one attached hydrogen (secondary N) is 1. The van der Waals surface area contributed by atoms with Crippen molar-refractivity contribution < 1.29 is 4.79 Å². The highest BCUT2D eigenvalue weighted by atomic mass is 35.5. The average molecular weight is 351 g/mol. The number of hydrogen-bond acceptors (Lipinski definition) is 3. The van der Waals surface area contributed by atoms with E-state index in [-0.39, 0.29) is 18.3 Å². The van der Waals surface area contributed by atoms with E-state index in [4.69, 9.17) is 5.73 Å². The van der Waals surface area contributed by atoms with E-state index in [2.05, 4.69) is 12.2 Å². The van der Waals surface area contributed by atoms with Gasteiger partial charge in [0.25, 0.3) is 0 Å². The molecule has 0 radical (unpaired) electrons. The third kappa shape index (κ3) is 3.77. The average Bonchev–Trinajstić information content (AvgIpc) is 2.84. The van der Waals surface area contributed by atoms with Gasteiger partial charge in [0.15, 0.2) is 0 Å². The molecule has 23 heavy (non-hydrogen) atoms. The van der Waals surface area contributed by atoms with Crippen molar-refractivity contribution in [2.75, 3.05) is 5.32 Å². The van der Waals surface area contributed by atoms with Crippen LogP contribution in [0.25, 0.3) is 0 Å². The molecule has 5 heteroatoms. The third-order valence-corrected chi connectivity index (χ3v) is 5.70. The maximum absolute atomic E-state index is 12.4. The number of benzene rings is 1. The van der Waals surface area contributed by atoms with Crippen LogP contribution in [-0.2, 0) is 17.6 Å². The number of hydrogen-bond donors (Lipinski definition) is 2. The van der Waals surface area contributed by atoms with E-state index >= 15 is 0 Å². The van der Waals surface area contributed by atoms with Crippen molar-refractivity contribution in [2.45, 2.75) is 45.6 Å². The SMILES string of the molecule is Cc1ccc(C(N)C(=O)Nc2sc3c(c2C)CCCC3)cc1.Cl. The minimum absolute atomic E-state index is 0. The molecule has 124 valence electrons. The zero-order valence-electron chi connectivity index (χ0n) is 13.5. The van der Waals surface area contributed by atoms with Gasteiger partial charge in [-0.3, -0.25) is 4.79 Å². The Morgan fingerprint density at radius 1 is 1.17 bits per heavy atom. The van der Waals surface area contributed by atoms with Crippen LogP contribution in [0.2, 0.25) is 0 Å². The second-order valence-corrected chi connectivity index (χ2v) is 7.15. The van der Waals surface area contributed by atoms with Gasteiger partial charge in [0.05, 0.1) is 5.00 Å². The van der Waals surface area contributed by atoms with Crippen molar-refractivity contribution in [1.29, 1.82) is 0 Å². The molecule has 3 N–H and O–H groups in total. The van der Waals surface area contributed by atoms with Gasteiger partial charge >= 0.3 is 0 Å². The van der Waals surface area contributed by atoms with Gasteiger partial charge < -0.3 is 11.1 Å². The minimum Gasteiger partial charge on any atom is -0.316 e. The molecule has 0 aliphatic heterocycles. The first kappa shape index (κ1) is 18.0. The summed E-state index contributed by atoms with van der Waals surface area (Å²) in [6.45, 7) is 4.13. The van der Waals surface area contributed by atoms with Crippen LogP contribution in [-0.4, -0.2) is 5.91 Å². The van der Waals surface area contributed by atoms with Gasteiger partial charge in [0.1, 0.15) is 6.04 Å². The van der Waals surface area contributed by atoms with Crippen molar-refractivity contribution in [3.05, 3.63) is 51.4 Å². The predicted octanol–water partition coefficient (Wildman–Crippen LogP) is 4.30. The van der Waals surface area contributed by atoms with E-state index in [1.54, 1.807) is 11.3 Å². The highest BCUT2D eigenvalue weighted by molar-refractivity contribution is 7.16. The first-order chi connectivity index (χ1) is 10.6. The monoisotopic (exact) mass is 350 g/mol. The predicted molar refractivity (Wildman–Crippen MR) is 99.7 cm³/mol. The third-order valence-electron chi connectivity index (χ3n) is 4.39. The molecule has 2 aromatic rings. The summed E-state index contributed by atoms with van der Waals surface area (Å²) in [5.41, 5.74) is 10.8. The quantitative estimate of drug-likeness (QED) is 0.866. The molecule has 0 bridgehead atoms. The van der Waals surface area contributed by atoms with Gasteiger partial charge in [-0.25, -0.2) is 0 Å². The lowest BCUT2D eigenvalue weighted by Gasteiger charge is -2.13. The number of rotatable bonds is 3. The molecule has 1 unspecified atom stereocenters. The maximum atomic E-state index is 12.4. The molecule has 1 heterocycles. The zero-order chi connectivity index (χ0) is 15.7. The second kappa shape index (κ2) is 7.47. The summed E-state index contributed by atoms with van der Waals surface area (Å²) in [5, 5.41) is 4.01. The van der Waals surface area contributed by atoms with Gasteiger partial charge in [-0.1, -0.05) is 29.8 Å². The van der Waals surface area contributed by atoms with Crippen molar-refractivity contribution in [3.8, 4) is 0 Å². The van der Waals surface area contributed by atoms with Crippen molar-refractivity contribution in [2.24, 2.45) is 5.73 Å². The molecule has 1 amide bonds. The van der Waals surface area contributed by atoms with Crippen molar-refractivity contribution in [1.82, 2.24) is 0 Å². The molecule has 0 saturated heterocycles. The van der Waals surface area contributed by atoms with E-state index in [1.165, 1.54) is 28.8 Å². The summed E-state index contributed by atoms with van der Waals surface area (Å²) in [5.74, 6) is -0.134. The summed E-state index contributed by atoms with van der Waals surface area (Å²) >= 11 is 1.72. The van der Waals surface area contributed by atoms with E-state index in [9.17, 15) is 4.79 Å². The van der Waals surface area contributed by atoms with Crippen LogP contribution < -0.4 is 11.1 Å².